The molecule has 1 atom stereocenters. The number of amidine groups is 1. The first-order valence-corrected chi connectivity index (χ1v) is 5.93. The third kappa shape index (κ3) is 4.00. The molecule has 0 aliphatic carbocycles. The fraction of sp³-hybridized carbons (Fsp3) is 0.778. The second-order valence-corrected chi connectivity index (χ2v) is 4.33. The van der Waals surface area contributed by atoms with E-state index in [2.05, 4.69) is 17.2 Å². The highest BCUT2D eigenvalue weighted by atomic mass is 32.2. The minimum Gasteiger partial charge on any atom is -0.370 e. The summed E-state index contributed by atoms with van der Waals surface area (Å²) in [5.74, 6) is 0.856. The van der Waals surface area contributed by atoms with E-state index in [1.165, 1.54) is 0 Å². The highest BCUT2D eigenvalue weighted by Gasteiger charge is 2.17. The summed E-state index contributed by atoms with van der Waals surface area (Å²) in [6, 6.07) is 0.565. The van der Waals surface area contributed by atoms with Crippen LogP contribution in [-0.2, 0) is 4.79 Å². The smallest absolute Gasteiger partial charge is 0.217 e. The molecule has 0 aromatic carbocycles. The van der Waals surface area contributed by atoms with Crippen molar-refractivity contribution in [3.8, 4) is 0 Å². The predicted molar refractivity (Wildman–Crippen MR) is 60.4 cm³/mol. The third-order valence-electron chi connectivity index (χ3n) is 2.08. The second kappa shape index (κ2) is 5.90. The Morgan fingerprint density at radius 1 is 1.79 bits per heavy atom. The van der Waals surface area contributed by atoms with Crippen LogP contribution in [0.3, 0.4) is 0 Å². The molecule has 1 aliphatic heterocycles. The molecule has 1 rings (SSSR count). The van der Waals surface area contributed by atoms with Crippen LogP contribution < -0.4 is 11.1 Å². The van der Waals surface area contributed by atoms with E-state index in [-0.39, 0.29) is 5.91 Å². The molecule has 1 unspecified atom stereocenters. The van der Waals surface area contributed by atoms with Gasteiger partial charge in [-0.25, -0.2) is 0 Å². The highest BCUT2D eigenvalue weighted by molar-refractivity contribution is 8.14. The summed E-state index contributed by atoms with van der Waals surface area (Å²) < 4.78 is 0. The Balaban J connectivity index is 2.16. The molecule has 80 valence electrons. The number of carbonyl (C=O) groups is 1. The summed E-state index contributed by atoms with van der Waals surface area (Å²) in [5.41, 5.74) is 5.02. The van der Waals surface area contributed by atoms with E-state index >= 15 is 0 Å². The first-order chi connectivity index (χ1) is 6.72. The number of nitrogens with two attached hydrogens (primary N) is 1. The van der Waals surface area contributed by atoms with Gasteiger partial charge in [0.1, 0.15) is 0 Å². The minimum absolute atomic E-state index is 0.247. The van der Waals surface area contributed by atoms with Gasteiger partial charge in [-0.05, 0) is 12.8 Å². The average molecular weight is 215 g/mol. The van der Waals surface area contributed by atoms with Gasteiger partial charge in [0.05, 0.1) is 0 Å². The fourth-order valence-electron chi connectivity index (χ4n) is 1.18. The Morgan fingerprint density at radius 2 is 2.57 bits per heavy atom. The van der Waals surface area contributed by atoms with Crippen LogP contribution in [0, 0.1) is 0 Å². The molecule has 1 heterocycles. The summed E-state index contributed by atoms with van der Waals surface area (Å²) in [7, 11) is 0. The number of nitrogens with zero attached hydrogens (tertiary/aromatic N) is 1. The van der Waals surface area contributed by atoms with E-state index in [1.54, 1.807) is 11.8 Å². The van der Waals surface area contributed by atoms with Gasteiger partial charge in [0.2, 0.25) is 5.91 Å². The van der Waals surface area contributed by atoms with Crippen molar-refractivity contribution in [3.63, 3.8) is 0 Å². The number of hydrogen-bond donors (Lipinski definition) is 2. The number of thioether (sulfide) groups is 1. The SMILES string of the molecule is CCC1CSC(=NCCCC(N)=O)N1. The number of amides is 1. The number of hydrogen-bond acceptors (Lipinski definition) is 3. The van der Waals surface area contributed by atoms with Crippen molar-refractivity contribution in [3.05, 3.63) is 0 Å². The molecule has 0 radical (unpaired) electrons. The van der Waals surface area contributed by atoms with E-state index in [0.717, 1.165) is 23.8 Å². The van der Waals surface area contributed by atoms with Crippen molar-refractivity contribution in [2.45, 2.75) is 32.2 Å². The van der Waals surface area contributed by atoms with Gasteiger partial charge in [0, 0.05) is 24.8 Å². The van der Waals surface area contributed by atoms with Crippen molar-refractivity contribution in [2.24, 2.45) is 10.7 Å². The average Bonchev–Trinajstić information content (AvgIpc) is 2.60. The van der Waals surface area contributed by atoms with Crippen molar-refractivity contribution < 1.29 is 4.79 Å². The van der Waals surface area contributed by atoms with E-state index in [0.29, 0.717) is 19.0 Å². The summed E-state index contributed by atoms with van der Waals surface area (Å²) in [5, 5.41) is 4.34. The number of carbonyl (C=O) groups excluding carboxylic acids is 1. The summed E-state index contributed by atoms with van der Waals surface area (Å²) in [6.07, 6.45) is 2.31. The van der Waals surface area contributed by atoms with Gasteiger partial charge in [-0.1, -0.05) is 18.7 Å². The Kier molecular flexibility index (Phi) is 4.79. The number of primary amides is 1. The monoisotopic (exact) mass is 215 g/mol. The van der Waals surface area contributed by atoms with Gasteiger partial charge >= 0.3 is 0 Å². The van der Waals surface area contributed by atoms with E-state index in [9.17, 15) is 4.79 Å². The van der Waals surface area contributed by atoms with Gasteiger partial charge < -0.3 is 11.1 Å². The fourth-order valence-corrected chi connectivity index (χ4v) is 2.29. The molecule has 1 saturated heterocycles. The van der Waals surface area contributed by atoms with Gasteiger partial charge in [0.15, 0.2) is 5.17 Å². The highest BCUT2D eigenvalue weighted by Crippen LogP contribution is 2.15. The molecule has 0 spiro atoms. The maximum Gasteiger partial charge on any atom is 0.217 e. The molecular formula is C9H17N3OS. The molecule has 14 heavy (non-hydrogen) atoms. The second-order valence-electron chi connectivity index (χ2n) is 3.32. The van der Waals surface area contributed by atoms with E-state index in [4.69, 9.17) is 5.73 Å². The first kappa shape index (κ1) is 11.4. The van der Waals surface area contributed by atoms with Crippen molar-refractivity contribution in [2.75, 3.05) is 12.3 Å². The first-order valence-electron chi connectivity index (χ1n) is 4.94. The van der Waals surface area contributed by atoms with Crippen LogP contribution in [0.15, 0.2) is 4.99 Å². The zero-order chi connectivity index (χ0) is 10.4. The van der Waals surface area contributed by atoms with E-state index < -0.39 is 0 Å². The normalized spacial score (nSPS) is 23.8. The van der Waals surface area contributed by atoms with Gasteiger partial charge in [-0.2, -0.15) is 0 Å². The van der Waals surface area contributed by atoms with Crippen LogP contribution in [0.4, 0.5) is 0 Å². The van der Waals surface area contributed by atoms with Crippen LogP contribution in [0.2, 0.25) is 0 Å². The molecule has 3 N–H and O–H groups in total. The zero-order valence-electron chi connectivity index (χ0n) is 8.45. The summed E-state index contributed by atoms with van der Waals surface area (Å²) >= 11 is 1.76. The molecular weight excluding hydrogens is 198 g/mol. The van der Waals surface area contributed by atoms with Crippen LogP contribution in [0.25, 0.3) is 0 Å². The lowest BCUT2D eigenvalue weighted by Gasteiger charge is -2.04. The number of aliphatic imine (C=N–C) groups is 1. The van der Waals surface area contributed by atoms with Crippen molar-refractivity contribution >= 4 is 22.8 Å². The third-order valence-corrected chi connectivity index (χ3v) is 3.17. The van der Waals surface area contributed by atoms with Gasteiger partial charge in [-0.15, -0.1) is 0 Å². The summed E-state index contributed by atoms with van der Waals surface area (Å²) in [6.45, 7) is 2.85. The molecule has 0 aromatic heterocycles. The van der Waals surface area contributed by atoms with Crippen LogP contribution in [-0.4, -0.2) is 29.4 Å². The van der Waals surface area contributed by atoms with Crippen LogP contribution >= 0.6 is 11.8 Å². The Labute approximate surface area is 88.7 Å². The lowest BCUT2D eigenvalue weighted by atomic mass is 10.3. The molecule has 5 heteroatoms. The molecule has 0 aromatic rings. The quantitative estimate of drug-likeness (QED) is 0.664. The van der Waals surface area contributed by atoms with Crippen LogP contribution in [0.1, 0.15) is 26.2 Å². The topological polar surface area (TPSA) is 67.5 Å². The molecule has 1 amide bonds. The Hall–Kier alpha value is -0.710. The minimum atomic E-state index is -0.247. The number of nitrogens with one attached hydrogen (secondary N) is 1. The van der Waals surface area contributed by atoms with Crippen molar-refractivity contribution in [1.82, 2.24) is 5.32 Å². The molecule has 1 aliphatic rings. The van der Waals surface area contributed by atoms with Crippen LogP contribution in [0.5, 0.6) is 0 Å². The zero-order valence-corrected chi connectivity index (χ0v) is 9.27. The Bertz CT molecular complexity index is 230. The number of rotatable bonds is 5. The Morgan fingerprint density at radius 3 is 3.14 bits per heavy atom. The lowest BCUT2D eigenvalue weighted by Crippen LogP contribution is -2.25. The maximum absolute atomic E-state index is 10.4. The maximum atomic E-state index is 10.4. The standard InChI is InChI=1S/C9H17N3OS/c1-2-7-6-14-9(12-7)11-5-3-4-8(10)13/h7H,2-6H2,1H3,(H2,10,13)(H,11,12). The molecule has 1 fully saturated rings. The lowest BCUT2D eigenvalue weighted by molar-refractivity contribution is -0.118. The molecule has 0 saturated carbocycles. The summed E-state index contributed by atoms with van der Waals surface area (Å²) in [4.78, 5) is 14.8. The molecule has 0 bridgehead atoms. The largest absolute Gasteiger partial charge is 0.370 e. The van der Waals surface area contributed by atoms with Gasteiger partial charge in [-0.3, -0.25) is 9.79 Å². The predicted octanol–water partition coefficient (Wildman–Crippen LogP) is 0.723. The van der Waals surface area contributed by atoms with Gasteiger partial charge in [0.25, 0.3) is 0 Å². The molecule has 4 nitrogen and oxygen atoms in total. The van der Waals surface area contributed by atoms with Crippen molar-refractivity contribution in [1.29, 1.82) is 0 Å². The van der Waals surface area contributed by atoms with E-state index in [1.807, 2.05) is 0 Å².